The van der Waals surface area contributed by atoms with Gasteiger partial charge in [-0.1, -0.05) is 6.07 Å². The number of halogens is 4. The van der Waals surface area contributed by atoms with Crippen molar-refractivity contribution < 1.29 is 27.1 Å². The van der Waals surface area contributed by atoms with Gasteiger partial charge in [0.2, 0.25) is 5.95 Å². The SMILES string of the molecule is O=C(NCc1ccc(OC(F)(F)F)cc1F)N(C1CC1)[C@@H]1CCCN(c2nccc(=O)[nH]2)C1. The van der Waals surface area contributed by atoms with Gasteiger partial charge in [-0.15, -0.1) is 13.2 Å². The lowest BCUT2D eigenvalue weighted by Gasteiger charge is -2.39. The van der Waals surface area contributed by atoms with Crippen LogP contribution >= 0.6 is 0 Å². The lowest BCUT2D eigenvalue weighted by molar-refractivity contribution is -0.274. The normalized spacial score (nSPS) is 18.7. The predicted molar refractivity (Wildman–Crippen MR) is 110 cm³/mol. The lowest BCUT2D eigenvalue weighted by Crippen LogP contribution is -2.54. The molecule has 0 radical (unpaired) electrons. The number of aromatic amines is 1. The Morgan fingerprint density at radius 3 is 2.70 bits per heavy atom. The van der Waals surface area contributed by atoms with E-state index < -0.39 is 17.9 Å². The van der Waals surface area contributed by atoms with E-state index in [4.69, 9.17) is 0 Å². The monoisotopic (exact) mass is 469 g/mol. The Kier molecular flexibility index (Phi) is 6.43. The molecule has 12 heteroatoms. The summed E-state index contributed by atoms with van der Waals surface area (Å²) in [6.45, 7) is 1.01. The first kappa shape index (κ1) is 22.9. The summed E-state index contributed by atoms with van der Waals surface area (Å²) in [5.41, 5.74) is -0.211. The third-order valence-electron chi connectivity index (χ3n) is 5.61. The van der Waals surface area contributed by atoms with Crippen LogP contribution in [0.15, 0.2) is 35.3 Å². The topological polar surface area (TPSA) is 90.6 Å². The number of nitrogens with one attached hydrogen (secondary N) is 2. The van der Waals surface area contributed by atoms with Crippen LogP contribution in [0.2, 0.25) is 0 Å². The fourth-order valence-electron chi connectivity index (χ4n) is 4.01. The summed E-state index contributed by atoms with van der Waals surface area (Å²) in [5.74, 6) is -1.12. The Morgan fingerprint density at radius 2 is 2.03 bits per heavy atom. The molecule has 2 amide bonds. The number of piperidine rings is 1. The number of nitrogens with zero attached hydrogens (tertiary/aromatic N) is 3. The van der Waals surface area contributed by atoms with Crippen LogP contribution in [0.5, 0.6) is 5.75 Å². The fraction of sp³-hybridized carbons (Fsp3) is 0.476. The minimum Gasteiger partial charge on any atom is -0.406 e. The van der Waals surface area contributed by atoms with E-state index in [0.29, 0.717) is 25.1 Å². The fourth-order valence-corrected chi connectivity index (χ4v) is 4.01. The number of aromatic nitrogens is 2. The molecule has 1 saturated carbocycles. The molecule has 1 saturated heterocycles. The first-order valence-electron chi connectivity index (χ1n) is 10.6. The Labute approximate surface area is 186 Å². The molecule has 2 fully saturated rings. The molecular formula is C21H23F4N5O3. The first-order valence-corrected chi connectivity index (χ1v) is 10.6. The van der Waals surface area contributed by atoms with Gasteiger partial charge in [-0.2, -0.15) is 0 Å². The quantitative estimate of drug-likeness (QED) is 0.635. The molecule has 1 aromatic carbocycles. The number of hydrogen-bond donors (Lipinski definition) is 2. The molecule has 0 spiro atoms. The third kappa shape index (κ3) is 5.93. The van der Waals surface area contributed by atoms with Crippen molar-refractivity contribution in [1.29, 1.82) is 0 Å². The van der Waals surface area contributed by atoms with Crippen molar-refractivity contribution in [2.75, 3.05) is 18.0 Å². The van der Waals surface area contributed by atoms with Gasteiger partial charge < -0.3 is 19.9 Å². The Hall–Kier alpha value is -3.31. The molecule has 1 aliphatic carbocycles. The summed E-state index contributed by atoms with van der Waals surface area (Å²) >= 11 is 0. The first-order chi connectivity index (χ1) is 15.7. The van der Waals surface area contributed by atoms with Crippen molar-refractivity contribution in [3.05, 3.63) is 52.2 Å². The molecule has 2 N–H and O–H groups in total. The smallest absolute Gasteiger partial charge is 0.406 e. The highest BCUT2D eigenvalue weighted by atomic mass is 19.4. The summed E-state index contributed by atoms with van der Waals surface area (Å²) in [7, 11) is 0. The average Bonchev–Trinajstić information content (AvgIpc) is 3.57. The van der Waals surface area contributed by atoms with Crippen molar-refractivity contribution in [3.63, 3.8) is 0 Å². The van der Waals surface area contributed by atoms with E-state index in [1.54, 1.807) is 4.90 Å². The molecule has 1 aromatic heterocycles. The van der Waals surface area contributed by atoms with Crippen LogP contribution in [-0.2, 0) is 6.54 Å². The summed E-state index contributed by atoms with van der Waals surface area (Å²) in [5, 5.41) is 2.68. The highest BCUT2D eigenvalue weighted by molar-refractivity contribution is 5.75. The number of ether oxygens (including phenoxy) is 1. The summed E-state index contributed by atoms with van der Waals surface area (Å²) in [4.78, 5) is 35.2. The molecule has 33 heavy (non-hydrogen) atoms. The average molecular weight is 469 g/mol. The zero-order valence-electron chi connectivity index (χ0n) is 17.6. The van der Waals surface area contributed by atoms with E-state index in [1.165, 1.54) is 12.3 Å². The van der Waals surface area contributed by atoms with Crippen molar-refractivity contribution in [1.82, 2.24) is 20.2 Å². The molecule has 178 valence electrons. The molecule has 2 aromatic rings. The molecule has 2 heterocycles. The molecule has 8 nitrogen and oxygen atoms in total. The van der Waals surface area contributed by atoms with E-state index in [2.05, 4.69) is 20.0 Å². The number of carbonyl (C=O) groups is 1. The summed E-state index contributed by atoms with van der Waals surface area (Å²) < 4.78 is 54.8. The Bertz CT molecular complexity index is 1060. The molecule has 4 rings (SSSR count). The van der Waals surface area contributed by atoms with Crippen LogP contribution in [0.25, 0.3) is 0 Å². The Morgan fingerprint density at radius 1 is 1.24 bits per heavy atom. The van der Waals surface area contributed by atoms with E-state index in [0.717, 1.165) is 37.8 Å². The van der Waals surface area contributed by atoms with Gasteiger partial charge in [0, 0.05) is 49.6 Å². The van der Waals surface area contributed by atoms with Gasteiger partial charge in [0.05, 0.1) is 6.04 Å². The second-order valence-corrected chi connectivity index (χ2v) is 8.10. The van der Waals surface area contributed by atoms with Gasteiger partial charge in [-0.3, -0.25) is 9.78 Å². The lowest BCUT2D eigenvalue weighted by atomic mass is 10.0. The number of H-pyrrole nitrogens is 1. The van der Waals surface area contributed by atoms with Gasteiger partial charge in [0.1, 0.15) is 11.6 Å². The standard InChI is InChI=1S/C21H23F4N5O3/c22-17-10-16(33-21(23,24)25)6-3-13(17)11-27-20(32)30(14-4-5-14)15-2-1-9-29(12-15)19-26-8-7-18(31)28-19/h3,6-8,10,14-15H,1-2,4-5,9,11-12H2,(H,27,32)(H,26,28,31)/t15-/m1/s1. The second-order valence-electron chi connectivity index (χ2n) is 8.10. The molecular weight excluding hydrogens is 446 g/mol. The highest BCUT2D eigenvalue weighted by Gasteiger charge is 2.39. The Balaban J connectivity index is 1.40. The van der Waals surface area contributed by atoms with Gasteiger partial charge in [0.25, 0.3) is 5.56 Å². The van der Waals surface area contributed by atoms with Crippen LogP contribution < -0.4 is 20.5 Å². The summed E-state index contributed by atoms with van der Waals surface area (Å²) in [6.07, 6.45) is -0.180. The number of hydrogen-bond acceptors (Lipinski definition) is 5. The van der Waals surface area contributed by atoms with Crippen LogP contribution in [0, 0.1) is 5.82 Å². The van der Waals surface area contributed by atoms with Gasteiger partial charge in [0.15, 0.2) is 0 Å². The van der Waals surface area contributed by atoms with Crippen LogP contribution in [0.3, 0.4) is 0 Å². The van der Waals surface area contributed by atoms with Crippen molar-refractivity contribution in [3.8, 4) is 5.75 Å². The highest BCUT2D eigenvalue weighted by Crippen LogP contribution is 2.32. The second kappa shape index (κ2) is 9.28. The zero-order chi connectivity index (χ0) is 23.6. The largest absolute Gasteiger partial charge is 0.573 e. The minimum atomic E-state index is -4.91. The van der Waals surface area contributed by atoms with Gasteiger partial charge >= 0.3 is 12.4 Å². The predicted octanol–water partition coefficient (Wildman–Crippen LogP) is 3.15. The number of rotatable bonds is 6. The van der Waals surface area contributed by atoms with Crippen molar-refractivity contribution in [2.24, 2.45) is 0 Å². The van der Waals surface area contributed by atoms with Gasteiger partial charge in [-0.25, -0.2) is 14.2 Å². The maximum atomic E-state index is 14.2. The maximum absolute atomic E-state index is 14.2. The number of urea groups is 1. The number of amides is 2. The molecule has 1 atom stereocenters. The molecule has 0 unspecified atom stereocenters. The number of carbonyl (C=O) groups excluding carboxylic acids is 1. The minimum absolute atomic E-state index is 0.0463. The number of benzene rings is 1. The van der Waals surface area contributed by atoms with Crippen LogP contribution in [0.4, 0.5) is 28.3 Å². The van der Waals surface area contributed by atoms with Crippen molar-refractivity contribution in [2.45, 2.75) is 50.7 Å². The molecule has 1 aliphatic heterocycles. The van der Waals surface area contributed by atoms with Crippen LogP contribution in [0.1, 0.15) is 31.2 Å². The van der Waals surface area contributed by atoms with Gasteiger partial charge in [-0.05, 0) is 31.7 Å². The van der Waals surface area contributed by atoms with E-state index in [9.17, 15) is 27.2 Å². The van der Waals surface area contributed by atoms with Crippen molar-refractivity contribution >= 4 is 12.0 Å². The number of anilines is 1. The molecule has 0 bridgehead atoms. The number of alkyl halides is 3. The van der Waals surface area contributed by atoms with E-state index in [-0.39, 0.29) is 35.8 Å². The van der Waals surface area contributed by atoms with E-state index >= 15 is 0 Å². The van der Waals surface area contributed by atoms with Crippen LogP contribution in [-0.4, -0.2) is 52.4 Å². The summed E-state index contributed by atoms with van der Waals surface area (Å²) in [6, 6.07) is 3.71. The third-order valence-corrected chi connectivity index (χ3v) is 5.61. The molecule has 2 aliphatic rings. The zero-order valence-corrected chi connectivity index (χ0v) is 17.6. The maximum Gasteiger partial charge on any atom is 0.573 e. The van der Waals surface area contributed by atoms with E-state index in [1.807, 2.05) is 4.90 Å².